The highest BCUT2D eigenvalue weighted by molar-refractivity contribution is 7.15. The first-order valence-electron chi connectivity index (χ1n) is 5.12. The summed E-state index contributed by atoms with van der Waals surface area (Å²) in [6.07, 6.45) is 0. The summed E-state index contributed by atoms with van der Waals surface area (Å²) in [6, 6.07) is 7.98. The lowest BCUT2D eigenvalue weighted by molar-refractivity contribution is 0.417. The summed E-state index contributed by atoms with van der Waals surface area (Å²) in [5.41, 5.74) is 8.88. The lowest BCUT2D eigenvalue weighted by atomic mass is 10.1. The molecule has 2 N–H and O–H groups in total. The number of benzene rings is 1. The van der Waals surface area contributed by atoms with Crippen LogP contribution in [-0.2, 0) is 0 Å². The number of nitrogens with two attached hydrogens (primary N) is 1. The van der Waals surface area contributed by atoms with E-state index in [4.69, 9.17) is 10.5 Å². The normalized spacial score (nSPS) is 10.4. The predicted molar refractivity (Wildman–Crippen MR) is 70.2 cm³/mol. The molecule has 0 radical (unpaired) electrons. The summed E-state index contributed by atoms with van der Waals surface area (Å²) in [4.78, 5) is 2.57. The van der Waals surface area contributed by atoms with Crippen LogP contribution in [0.15, 0.2) is 24.3 Å². The molecule has 0 spiro atoms. The zero-order chi connectivity index (χ0) is 11.7. The second-order valence-corrected chi connectivity index (χ2v) is 5.09. The van der Waals surface area contributed by atoms with Crippen LogP contribution in [-0.4, -0.2) is 7.11 Å². The van der Waals surface area contributed by atoms with Crippen LogP contribution in [0.1, 0.15) is 10.4 Å². The fourth-order valence-electron chi connectivity index (χ4n) is 1.80. The first-order valence-corrected chi connectivity index (χ1v) is 5.94. The van der Waals surface area contributed by atoms with Crippen molar-refractivity contribution < 1.29 is 4.74 Å². The smallest absolute Gasteiger partial charge is 0.129 e. The number of ether oxygens (including phenoxy) is 1. The molecule has 1 aromatic heterocycles. The van der Waals surface area contributed by atoms with Gasteiger partial charge in [-0.05, 0) is 37.6 Å². The zero-order valence-corrected chi connectivity index (χ0v) is 10.5. The molecule has 2 nitrogen and oxygen atoms in total. The van der Waals surface area contributed by atoms with Crippen molar-refractivity contribution >= 4 is 17.0 Å². The maximum atomic E-state index is 5.75. The van der Waals surface area contributed by atoms with Gasteiger partial charge in [-0.25, -0.2) is 0 Å². The van der Waals surface area contributed by atoms with Gasteiger partial charge in [0.05, 0.1) is 7.11 Å². The van der Waals surface area contributed by atoms with E-state index in [1.165, 1.54) is 15.3 Å². The molecule has 0 fully saturated rings. The van der Waals surface area contributed by atoms with E-state index >= 15 is 0 Å². The van der Waals surface area contributed by atoms with E-state index in [0.29, 0.717) is 0 Å². The molecule has 84 valence electrons. The van der Waals surface area contributed by atoms with Crippen molar-refractivity contribution in [1.82, 2.24) is 0 Å². The van der Waals surface area contributed by atoms with Crippen LogP contribution in [0.4, 0.5) is 5.69 Å². The second kappa shape index (κ2) is 4.18. The van der Waals surface area contributed by atoms with Gasteiger partial charge in [0.15, 0.2) is 0 Å². The summed E-state index contributed by atoms with van der Waals surface area (Å²) < 4.78 is 5.37. The van der Waals surface area contributed by atoms with E-state index in [9.17, 15) is 0 Å². The standard InChI is InChI=1S/C13H15NOS/c1-8-6-9(2)16-13(8)11-5-4-10(14)7-12(11)15-3/h4-7H,14H2,1-3H3. The molecule has 2 rings (SSSR count). The molecule has 1 heterocycles. The number of hydrogen-bond donors (Lipinski definition) is 1. The van der Waals surface area contributed by atoms with Crippen molar-refractivity contribution in [2.45, 2.75) is 13.8 Å². The minimum absolute atomic E-state index is 0.728. The third-order valence-corrected chi connectivity index (χ3v) is 3.70. The number of anilines is 1. The molecule has 0 aliphatic heterocycles. The average Bonchev–Trinajstić information content (AvgIpc) is 2.57. The first-order chi connectivity index (χ1) is 7.61. The average molecular weight is 233 g/mol. The quantitative estimate of drug-likeness (QED) is 0.804. The van der Waals surface area contributed by atoms with Gasteiger partial charge in [-0.1, -0.05) is 0 Å². The number of nitrogen functional groups attached to an aromatic ring is 1. The molecule has 0 atom stereocenters. The van der Waals surface area contributed by atoms with E-state index in [2.05, 4.69) is 19.9 Å². The zero-order valence-electron chi connectivity index (χ0n) is 9.70. The highest BCUT2D eigenvalue weighted by atomic mass is 32.1. The Hall–Kier alpha value is -1.48. The fraction of sp³-hybridized carbons (Fsp3) is 0.231. The van der Waals surface area contributed by atoms with Crippen molar-refractivity contribution in [2.24, 2.45) is 0 Å². The summed E-state index contributed by atoms with van der Waals surface area (Å²) >= 11 is 1.78. The molecule has 3 heteroatoms. The van der Waals surface area contributed by atoms with Gasteiger partial charge in [0.2, 0.25) is 0 Å². The maximum Gasteiger partial charge on any atom is 0.129 e. The minimum atomic E-state index is 0.728. The van der Waals surface area contributed by atoms with Crippen LogP contribution in [0.25, 0.3) is 10.4 Å². The molecule has 0 aliphatic carbocycles. The SMILES string of the molecule is COc1cc(N)ccc1-c1sc(C)cc1C. The van der Waals surface area contributed by atoms with E-state index in [0.717, 1.165) is 17.0 Å². The molecule has 0 bridgehead atoms. The summed E-state index contributed by atoms with van der Waals surface area (Å²) in [5, 5.41) is 0. The van der Waals surface area contributed by atoms with E-state index in [-0.39, 0.29) is 0 Å². The van der Waals surface area contributed by atoms with Crippen LogP contribution in [0.5, 0.6) is 5.75 Å². The lowest BCUT2D eigenvalue weighted by Crippen LogP contribution is -1.90. The van der Waals surface area contributed by atoms with Crippen LogP contribution >= 0.6 is 11.3 Å². The van der Waals surface area contributed by atoms with Crippen molar-refractivity contribution in [2.75, 3.05) is 12.8 Å². The molecule has 0 saturated heterocycles. The third kappa shape index (κ3) is 1.91. The van der Waals surface area contributed by atoms with Gasteiger partial charge in [0, 0.05) is 27.1 Å². The van der Waals surface area contributed by atoms with Gasteiger partial charge in [-0.2, -0.15) is 0 Å². The Morgan fingerprint density at radius 3 is 2.50 bits per heavy atom. The second-order valence-electron chi connectivity index (χ2n) is 3.83. The molecule has 0 saturated carbocycles. The summed E-state index contributed by atoms with van der Waals surface area (Å²) in [5.74, 6) is 0.838. The Balaban J connectivity index is 2.59. The molecule has 0 unspecified atom stereocenters. The molecular formula is C13H15NOS. The Morgan fingerprint density at radius 1 is 1.19 bits per heavy atom. The molecule has 2 aromatic rings. The van der Waals surface area contributed by atoms with Crippen molar-refractivity contribution in [3.63, 3.8) is 0 Å². The number of thiophene rings is 1. The Kier molecular flexibility index (Phi) is 2.88. The predicted octanol–water partition coefficient (Wildman–Crippen LogP) is 3.62. The third-order valence-electron chi connectivity index (χ3n) is 2.51. The number of hydrogen-bond acceptors (Lipinski definition) is 3. The van der Waals surface area contributed by atoms with Gasteiger partial charge < -0.3 is 10.5 Å². The summed E-state index contributed by atoms with van der Waals surface area (Å²) in [6.45, 7) is 4.24. The van der Waals surface area contributed by atoms with Crippen LogP contribution < -0.4 is 10.5 Å². The molecule has 16 heavy (non-hydrogen) atoms. The highest BCUT2D eigenvalue weighted by Gasteiger charge is 2.11. The highest BCUT2D eigenvalue weighted by Crippen LogP contribution is 2.38. The Labute approximate surface area is 99.7 Å². The number of methoxy groups -OCH3 is 1. The van der Waals surface area contributed by atoms with Crippen molar-refractivity contribution in [3.05, 3.63) is 34.7 Å². The van der Waals surface area contributed by atoms with E-state index in [1.807, 2.05) is 18.2 Å². The topological polar surface area (TPSA) is 35.2 Å². The van der Waals surface area contributed by atoms with E-state index in [1.54, 1.807) is 18.4 Å². The number of rotatable bonds is 2. The van der Waals surface area contributed by atoms with Crippen LogP contribution in [0, 0.1) is 13.8 Å². The Bertz CT molecular complexity index is 517. The van der Waals surface area contributed by atoms with Crippen LogP contribution in [0.3, 0.4) is 0 Å². The van der Waals surface area contributed by atoms with E-state index < -0.39 is 0 Å². The van der Waals surface area contributed by atoms with Gasteiger partial charge >= 0.3 is 0 Å². The van der Waals surface area contributed by atoms with Gasteiger partial charge in [0.1, 0.15) is 5.75 Å². The lowest BCUT2D eigenvalue weighted by Gasteiger charge is -2.08. The van der Waals surface area contributed by atoms with Crippen molar-refractivity contribution in [1.29, 1.82) is 0 Å². The largest absolute Gasteiger partial charge is 0.496 e. The molecule has 0 amide bonds. The molecule has 1 aromatic carbocycles. The molecule has 0 aliphatic rings. The minimum Gasteiger partial charge on any atom is -0.496 e. The fourth-order valence-corrected chi connectivity index (χ4v) is 2.86. The van der Waals surface area contributed by atoms with Gasteiger partial charge in [-0.3, -0.25) is 0 Å². The number of aryl methyl sites for hydroxylation is 2. The molecular weight excluding hydrogens is 218 g/mol. The van der Waals surface area contributed by atoms with Gasteiger partial charge in [0.25, 0.3) is 0 Å². The summed E-state index contributed by atoms with van der Waals surface area (Å²) in [7, 11) is 1.67. The van der Waals surface area contributed by atoms with Crippen molar-refractivity contribution in [3.8, 4) is 16.2 Å². The van der Waals surface area contributed by atoms with Gasteiger partial charge in [-0.15, -0.1) is 11.3 Å². The maximum absolute atomic E-state index is 5.75. The Morgan fingerprint density at radius 2 is 1.94 bits per heavy atom. The first kappa shape index (κ1) is 11.0. The monoisotopic (exact) mass is 233 g/mol. The van der Waals surface area contributed by atoms with Crippen LogP contribution in [0.2, 0.25) is 0 Å².